The van der Waals surface area contributed by atoms with Crippen molar-refractivity contribution < 1.29 is 14.3 Å². The van der Waals surface area contributed by atoms with Crippen LogP contribution in [0.2, 0.25) is 4.34 Å². The fraction of sp³-hybridized carbons (Fsp3) is 0.600. The number of hydrogen-bond acceptors (Lipinski definition) is 4. The van der Waals surface area contributed by atoms with Crippen molar-refractivity contribution in [2.75, 3.05) is 13.7 Å². The molecule has 118 valence electrons. The minimum atomic E-state index is -0.808. The Hall–Kier alpha value is -1.07. The highest BCUT2D eigenvalue weighted by Crippen LogP contribution is 2.30. The van der Waals surface area contributed by atoms with Gasteiger partial charge in [-0.15, -0.1) is 11.3 Å². The van der Waals surface area contributed by atoms with E-state index in [1.54, 1.807) is 24.9 Å². The van der Waals surface area contributed by atoms with Gasteiger partial charge >= 0.3 is 5.97 Å². The molecule has 1 unspecified atom stereocenters. The maximum atomic E-state index is 12.6. The second kappa shape index (κ2) is 7.27. The van der Waals surface area contributed by atoms with Crippen molar-refractivity contribution in [3.63, 3.8) is 0 Å². The van der Waals surface area contributed by atoms with E-state index in [0.717, 1.165) is 4.88 Å². The molecule has 1 aromatic heterocycles. The zero-order valence-electron chi connectivity index (χ0n) is 13.1. The highest BCUT2D eigenvalue weighted by Gasteiger charge is 2.40. The number of halogens is 1. The molecule has 21 heavy (non-hydrogen) atoms. The predicted molar refractivity (Wildman–Crippen MR) is 85.4 cm³/mol. The minimum Gasteiger partial charge on any atom is -0.465 e. The molecular weight excluding hydrogens is 310 g/mol. The Balaban J connectivity index is 2.86. The number of carbonyl (C=O) groups excluding carboxylic acids is 2. The van der Waals surface area contributed by atoms with Gasteiger partial charge in [-0.2, -0.15) is 0 Å². The summed E-state index contributed by atoms with van der Waals surface area (Å²) in [5.41, 5.74) is -0.495. The molecule has 0 aliphatic heterocycles. The summed E-state index contributed by atoms with van der Waals surface area (Å²) in [6.07, 6.45) is 0. The highest BCUT2D eigenvalue weighted by atomic mass is 35.5. The van der Waals surface area contributed by atoms with E-state index in [2.05, 4.69) is 0 Å². The van der Waals surface area contributed by atoms with Crippen LogP contribution in [0.1, 0.15) is 32.6 Å². The van der Waals surface area contributed by atoms with Gasteiger partial charge in [0.05, 0.1) is 17.5 Å². The van der Waals surface area contributed by atoms with Crippen molar-refractivity contribution in [3.05, 3.63) is 21.3 Å². The molecule has 1 heterocycles. The Kier molecular flexibility index (Phi) is 6.23. The van der Waals surface area contributed by atoms with E-state index in [-0.39, 0.29) is 12.5 Å². The van der Waals surface area contributed by atoms with Gasteiger partial charge in [0.25, 0.3) is 0 Å². The second-order valence-corrected chi connectivity index (χ2v) is 7.75. The fourth-order valence-corrected chi connectivity index (χ4v) is 3.16. The summed E-state index contributed by atoms with van der Waals surface area (Å²) in [4.78, 5) is 27.2. The van der Waals surface area contributed by atoms with Crippen LogP contribution in [0.5, 0.6) is 0 Å². The Labute approximate surface area is 135 Å². The van der Waals surface area contributed by atoms with Gasteiger partial charge in [-0.05, 0) is 24.5 Å². The molecular formula is C15H22ClNO3S. The Morgan fingerprint density at radius 3 is 2.43 bits per heavy atom. The van der Waals surface area contributed by atoms with Crippen LogP contribution < -0.4 is 0 Å². The molecule has 1 amide bonds. The lowest BCUT2D eigenvalue weighted by Gasteiger charge is -2.31. The molecule has 4 nitrogen and oxygen atoms in total. The van der Waals surface area contributed by atoms with E-state index < -0.39 is 17.3 Å². The molecule has 1 atom stereocenters. The normalized spacial score (nSPS) is 12.9. The molecule has 0 spiro atoms. The molecule has 1 rings (SSSR count). The second-order valence-electron chi connectivity index (χ2n) is 5.95. The van der Waals surface area contributed by atoms with E-state index in [1.807, 2.05) is 26.8 Å². The van der Waals surface area contributed by atoms with Gasteiger partial charge in [-0.1, -0.05) is 32.4 Å². The number of ether oxygens (including phenoxy) is 1. The fourth-order valence-electron chi connectivity index (χ4n) is 2.02. The number of amides is 1. The molecule has 0 saturated carbocycles. The molecule has 0 fully saturated rings. The van der Waals surface area contributed by atoms with Crippen molar-refractivity contribution in [1.82, 2.24) is 4.90 Å². The van der Waals surface area contributed by atoms with Crippen molar-refractivity contribution in [2.45, 2.75) is 34.2 Å². The standard InChI is InChI=1S/C15H22ClNO3S/c1-6-20-14(19)12(15(2,3)4)13(18)17(5)9-10-7-8-11(16)21-10/h7-8,12H,6,9H2,1-5H3. The lowest BCUT2D eigenvalue weighted by molar-refractivity contribution is -0.160. The lowest BCUT2D eigenvalue weighted by Crippen LogP contribution is -2.44. The van der Waals surface area contributed by atoms with Gasteiger partial charge in [0, 0.05) is 11.9 Å². The number of rotatable bonds is 5. The van der Waals surface area contributed by atoms with Crippen LogP contribution in [-0.4, -0.2) is 30.4 Å². The van der Waals surface area contributed by atoms with Crippen LogP contribution in [0.3, 0.4) is 0 Å². The summed E-state index contributed by atoms with van der Waals surface area (Å²) < 4.78 is 5.74. The lowest BCUT2D eigenvalue weighted by atomic mass is 9.80. The number of hydrogen-bond donors (Lipinski definition) is 0. The quantitative estimate of drug-likeness (QED) is 0.612. The van der Waals surface area contributed by atoms with Crippen molar-refractivity contribution in [2.24, 2.45) is 11.3 Å². The topological polar surface area (TPSA) is 46.6 Å². The van der Waals surface area contributed by atoms with Crippen LogP contribution in [-0.2, 0) is 20.9 Å². The smallest absolute Gasteiger partial charge is 0.319 e. The van der Waals surface area contributed by atoms with Crippen LogP contribution in [0.4, 0.5) is 0 Å². The van der Waals surface area contributed by atoms with Crippen molar-refractivity contribution in [1.29, 1.82) is 0 Å². The predicted octanol–water partition coefficient (Wildman–Crippen LogP) is 3.59. The summed E-state index contributed by atoms with van der Waals surface area (Å²) >= 11 is 7.32. The minimum absolute atomic E-state index is 0.231. The van der Waals surface area contributed by atoms with E-state index in [9.17, 15) is 9.59 Å². The van der Waals surface area contributed by atoms with Gasteiger partial charge < -0.3 is 9.64 Å². The van der Waals surface area contributed by atoms with Crippen LogP contribution in [0.15, 0.2) is 12.1 Å². The first-order valence-electron chi connectivity index (χ1n) is 6.82. The zero-order valence-corrected chi connectivity index (χ0v) is 14.7. The van der Waals surface area contributed by atoms with Gasteiger partial charge in [-0.25, -0.2) is 0 Å². The average molecular weight is 332 g/mol. The SMILES string of the molecule is CCOC(=O)C(C(=O)N(C)Cc1ccc(Cl)s1)C(C)(C)C. The molecule has 0 aromatic carbocycles. The molecule has 0 saturated heterocycles. The Bertz CT molecular complexity index is 507. The highest BCUT2D eigenvalue weighted by molar-refractivity contribution is 7.16. The van der Waals surface area contributed by atoms with E-state index >= 15 is 0 Å². The van der Waals surface area contributed by atoms with E-state index in [4.69, 9.17) is 16.3 Å². The molecule has 0 aliphatic rings. The summed E-state index contributed by atoms with van der Waals surface area (Å²) in [6.45, 7) is 8.03. The third-order valence-electron chi connectivity index (χ3n) is 3.03. The number of nitrogens with zero attached hydrogens (tertiary/aromatic N) is 1. The Morgan fingerprint density at radius 1 is 1.38 bits per heavy atom. The molecule has 0 radical (unpaired) electrons. The van der Waals surface area contributed by atoms with Crippen molar-refractivity contribution >= 4 is 34.8 Å². The molecule has 0 bridgehead atoms. The first-order valence-corrected chi connectivity index (χ1v) is 8.02. The third-order valence-corrected chi connectivity index (χ3v) is 4.25. The molecule has 6 heteroatoms. The molecule has 1 aromatic rings. The third kappa shape index (κ3) is 5.00. The van der Waals surface area contributed by atoms with Crippen LogP contribution in [0.25, 0.3) is 0 Å². The van der Waals surface area contributed by atoms with Gasteiger partial charge in [-0.3, -0.25) is 9.59 Å². The summed E-state index contributed by atoms with van der Waals surface area (Å²) in [7, 11) is 1.69. The van der Waals surface area contributed by atoms with Crippen LogP contribution >= 0.6 is 22.9 Å². The van der Waals surface area contributed by atoms with E-state index in [1.165, 1.54) is 11.3 Å². The number of esters is 1. The largest absolute Gasteiger partial charge is 0.465 e. The Morgan fingerprint density at radius 2 is 2.00 bits per heavy atom. The van der Waals surface area contributed by atoms with Crippen molar-refractivity contribution in [3.8, 4) is 0 Å². The van der Waals surface area contributed by atoms with E-state index in [0.29, 0.717) is 10.9 Å². The molecule has 0 N–H and O–H groups in total. The summed E-state index contributed by atoms with van der Waals surface area (Å²) in [6, 6.07) is 3.68. The van der Waals surface area contributed by atoms with Gasteiger partial charge in [0.15, 0.2) is 0 Å². The number of carbonyl (C=O) groups is 2. The van der Waals surface area contributed by atoms with Gasteiger partial charge in [0.2, 0.25) is 5.91 Å². The monoisotopic (exact) mass is 331 g/mol. The maximum absolute atomic E-state index is 12.6. The van der Waals surface area contributed by atoms with Gasteiger partial charge in [0.1, 0.15) is 5.92 Å². The number of thiophene rings is 1. The summed E-state index contributed by atoms with van der Waals surface area (Å²) in [5, 5.41) is 0. The maximum Gasteiger partial charge on any atom is 0.319 e. The first kappa shape index (κ1) is 18.0. The molecule has 0 aliphatic carbocycles. The summed E-state index contributed by atoms with van der Waals surface area (Å²) in [5.74, 6) is -1.51. The van der Waals surface area contributed by atoms with Crippen LogP contribution in [0, 0.1) is 11.3 Å². The first-order chi connectivity index (χ1) is 9.66. The average Bonchev–Trinajstić information content (AvgIpc) is 2.73. The zero-order chi connectivity index (χ0) is 16.2.